The van der Waals surface area contributed by atoms with Gasteiger partial charge in [-0.3, -0.25) is 4.79 Å². The quantitative estimate of drug-likeness (QED) is 0.785. The van der Waals surface area contributed by atoms with Crippen LogP contribution in [0.25, 0.3) is 0 Å². The third-order valence-electron chi connectivity index (χ3n) is 2.82. The van der Waals surface area contributed by atoms with E-state index in [1.54, 1.807) is 0 Å². The number of thiophene rings is 1. The molecule has 0 amide bonds. The van der Waals surface area contributed by atoms with Crippen LogP contribution < -0.4 is 0 Å². The molecule has 1 atom stereocenters. The number of ether oxygens (including phenoxy) is 1. The van der Waals surface area contributed by atoms with Gasteiger partial charge >= 0.3 is 0 Å². The molecule has 1 fully saturated rings. The summed E-state index contributed by atoms with van der Waals surface area (Å²) in [6.07, 6.45) is 5.31. The molecule has 0 spiro atoms. The van der Waals surface area contributed by atoms with Crippen LogP contribution in [0.1, 0.15) is 41.8 Å². The molecule has 1 aromatic rings. The number of ketones is 1. The molecule has 1 unspecified atom stereocenters. The molecule has 0 aliphatic carbocycles. The van der Waals surface area contributed by atoms with E-state index >= 15 is 0 Å². The maximum Gasteiger partial charge on any atom is 0.172 e. The summed E-state index contributed by atoms with van der Waals surface area (Å²) in [6, 6.07) is 3.81. The molecule has 0 radical (unpaired) electrons. The summed E-state index contributed by atoms with van der Waals surface area (Å²) in [5.74, 6) is 0.241. The average Bonchev–Trinajstić information content (AvgIpc) is 2.74. The van der Waals surface area contributed by atoms with E-state index in [0.29, 0.717) is 12.5 Å². The van der Waals surface area contributed by atoms with Gasteiger partial charge in [-0.2, -0.15) is 0 Å². The van der Waals surface area contributed by atoms with Gasteiger partial charge in [0.25, 0.3) is 0 Å². The molecule has 0 saturated carbocycles. The van der Waals surface area contributed by atoms with Gasteiger partial charge in [-0.05, 0) is 53.7 Å². The summed E-state index contributed by atoms with van der Waals surface area (Å²) in [5, 5.41) is 0. The third-order valence-corrected chi connectivity index (χ3v) is 4.48. The lowest BCUT2D eigenvalue weighted by Gasteiger charge is -2.21. The second-order valence-electron chi connectivity index (χ2n) is 4.05. The highest BCUT2D eigenvalue weighted by Crippen LogP contribution is 2.24. The largest absolute Gasteiger partial charge is 0.378 e. The van der Waals surface area contributed by atoms with E-state index in [4.69, 9.17) is 4.74 Å². The lowest BCUT2D eigenvalue weighted by Crippen LogP contribution is -2.19. The van der Waals surface area contributed by atoms with Crippen molar-refractivity contribution in [1.29, 1.82) is 0 Å². The minimum atomic E-state index is 0.241. The summed E-state index contributed by atoms with van der Waals surface area (Å²) in [4.78, 5) is 12.7. The van der Waals surface area contributed by atoms with Crippen molar-refractivity contribution in [3.8, 4) is 0 Å². The second kappa shape index (κ2) is 5.94. The first-order valence-electron chi connectivity index (χ1n) is 5.66. The van der Waals surface area contributed by atoms with Crippen LogP contribution in [0, 0.1) is 0 Å². The lowest BCUT2D eigenvalue weighted by molar-refractivity contribution is 0.0105. The molecule has 1 saturated heterocycles. The summed E-state index contributed by atoms with van der Waals surface area (Å²) in [7, 11) is 0. The first kappa shape index (κ1) is 12.3. The fourth-order valence-corrected chi connectivity index (χ4v) is 3.27. The first-order chi connectivity index (χ1) is 7.75. The Hall–Kier alpha value is -0.190. The van der Waals surface area contributed by atoms with Crippen LogP contribution in [0.3, 0.4) is 0 Å². The number of hydrogen-bond acceptors (Lipinski definition) is 3. The summed E-state index contributed by atoms with van der Waals surface area (Å²) in [6.45, 7) is 0.864. The van der Waals surface area contributed by atoms with Crippen molar-refractivity contribution in [2.45, 2.75) is 38.2 Å². The van der Waals surface area contributed by atoms with Crippen LogP contribution in [0.15, 0.2) is 15.9 Å². The molecule has 0 N–H and O–H groups in total. The molecule has 1 aliphatic heterocycles. The molecule has 0 aromatic carbocycles. The Morgan fingerprint density at radius 2 is 2.38 bits per heavy atom. The Balaban J connectivity index is 1.79. The number of carbonyl (C=O) groups excluding carboxylic acids is 1. The summed E-state index contributed by atoms with van der Waals surface area (Å²) >= 11 is 4.88. The molecule has 1 aromatic heterocycles. The van der Waals surface area contributed by atoms with E-state index in [1.165, 1.54) is 24.2 Å². The fraction of sp³-hybridized carbons (Fsp3) is 0.583. The van der Waals surface area contributed by atoms with Crippen molar-refractivity contribution in [1.82, 2.24) is 0 Å². The van der Waals surface area contributed by atoms with E-state index < -0.39 is 0 Å². The predicted octanol–water partition coefficient (Wildman–Crippen LogP) is 4.04. The van der Waals surface area contributed by atoms with E-state index in [9.17, 15) is 4.79 Å². The maximum atomic E-state index is 11.8. The van der Waals surface area contributed by atoms with E-state index in [0.717, 1.165) is 28.1 Å². The van der Waals surface area contributed by atoms with Crippen LogP contribution in [-0.4, -0.2) is 18.5 Å². The molecule has 88 valence electrons. The van der Waals surface area contributed by atoms with Gasteiger partial charge in [0.2, 0.25) is 0 Å². The normalized spacial score (nSPS) is 20.9. The number of halogens is 1. The summed E-state index contributed by atoms with van der Waals surface area (Å²) in [5.41, 5.74) is 0. The smallest absolute Gasteiger partial charge is 0.172 e. The topological polar surface area (TPSA) is 26.3 Å². The Morgan fingerprint density at radius 1 is 1.50 bits per heavy atom. The zero-order chi connectivity index (χ0) is 11.4. The Morgan fingerprint density at radius 3 is 3.00 bits per heavy atom. The van der Waals surface area contributed by atoms with Gasteiger partial charge in [0.1, 0.15) is 0 Å². The number of carbonyl (C=O) groups is 1. The Bertz CT molecular complexity index is 356. The standard InChI is InChI=1S/C12H15BrO2S/c13-12-7-6-11(16-12)10(14)5-4-9-3-1-2-8-15-9/h6-7,9H,1-5,8H2. The maximum absolute atomic E-state index is 11.8. The van der Waals surface area contributed by atoms with Gasteiger partial charge in [0.05, 0.1) is 14.8 Å². The van der Waals surface area contributed by atoms with Crippen LogP contribution in [0.2, 0.25) is 0 Å². The number of hydrogen-bond donors (Lipinski definition) is 0. The van der Waals surface area contributed by atoms with Crippen molar-refractivity contribution in [3.63, 3.8) is 0 Å². The second-order valence-corrected chi connectivity index (χ2v) is 6.52. The summed E-state index contributed by atoms with van der Waals surface area (Å²) < 4.78 is 6.63. The molecule has 1 aliphatic rings. The zero-order valence-electron chi connectivity index (χ0n) is 9.08. The van der Waals surface area contributed by atoms with Crippen molar-refractivity contribution in [2.24, 2.45) is 0 Å². The van der Waals surface area contributed by atoms with Crippen LogP contribution in [0.5, 0.6) is 0 Å². The highest BCUT2D eigenvalue weighted by atomic mass is 79.9. The Labute approximate surface area is 108 Å². The van der Waals surface area contributed by atoms with Crippen molar-refractivity contribution >= 4 is 33.0 Å². The molecule has 16 heavy (non-hydrogen) atoms. The van der Waals surface area contributed by atoms with Gasteiger partial charge in [-0.1, -0.05) is 0 Å². The number of rotatable bonds is 4. The molecular formula is C12H15BrO2S. The minimum Gasteiger partial charge on any atom is -0.378 e. The van der Waals surface area contributed by atoms with E-state index in [2.05, 4.69) is 15.9 Å². The van der Waals surface area contributed by atoms with Gasteiger partial charge in [-0.25, -0.2) is 0 Å². The highest BCUT2D eigenvalue weighted by Gasteiger charge is 2.16. The number of Topliss-reactive ketones (excluding diaryl/α,β-unsaturated/α-hetero) is 1. The van der Waals surface area contributed by atoms with Gasteiger partial charge < -0.3 is 4.74 Å². The van der Waals surface area contributed by atoms with Gasteiger partial charge in [0, 0.05) is 13.0 Å². The van der Waals surface area contributed by atoms with Crippen molar-refractivity contribution in [2.75, 3.05) is 6.61 Å². The Kier molecular flexibility index (Phi) is 4.55. The van der Waals surface area contributed by atoms with Crippen molar-refractivity contribution in [3.05, 3.63) is 20.8 Å². The van der Waals surface area contributed by atoms with Crippen molar-refractivity contribution < 1.29 is 9.53 Å². The fourth-order valence-electron chi connectivity index (χ4n) is 1.91. The zero-order valence-corrected chi connectivity index (χ0v) is 11.5. The first-order valence-corrected chi connectivity index (χ1v) is 7.27. The molecule has 0 bridgehead atoms. The average molecular weight is 303 g/mol. The highest BCUT2D eigenvalue weighted by molar-refractivity contribution is 9.11. The van der Waals surface area contributed by atoms with Crippen LogP contribution in [0.4, 0.5) is 0 Å². The van der Waals surface area contributed by atoms with Crippen LogP contribution >= 0.6 is 27.3 Å². The van der Waals surface area contributed by atoms with Gasteiger partial charge in [0.15, 0.2) is 5.78 Å². The lowest BCUT2D eigenvalue weighted by atomic mass is 10.0. The van der Waals surface area contributed by atoms with E-state index in [1.807, 2.05) is 12.1 Å². The van der Waals surface area contributed by atoms with Crippen LogP contribution in [-0.2, 0) is 4.74 Å². The van der Waals surface area contributed by atoms with Gasteiger partial charge in [-0.15, -0.1) is 11.3 Å². The predicted molar refractivity (Wildman–Crippen MR) is 69.2 cm³/mol. The monoisotopic (exact) mass is 302 g/mol. The van der Waals surface area contributed by atoms with E-state index in [-0.39, 0.29) is 5.78 Å². The molecule has 2 nitrogen and oxygen atoms in total. The SMILES string of the molecule is O=C(CCC1CCCCO1)c1ccc(Br)s1. The molecular weight excluding hydrogens is 288 g/mol. The minimum absolute atomic E-state index is 0.241. The molecule has 2 heterocycles. The third kappa shape index (κ3) is 3.40. The molecule has 2 rings (SSSR count). The molecule has 4 heteroatoms.